The summed E-state index contributed by atoms with van der Waals surface area (Å²) in [6.45, 7) is 17.0. The molecule has 2 N–H and O–H groups in total. The fourth-order valence-electron chi connectivity index (χ4n) is 6.48. The second-order valence-electron chi connectivity index (χ2n) is 17.7. The molecule has 0 aliphatic rings. The normalized spacial score (nSPS) is 13.4. The summed E-state index contributed by atoms with van der Waals surface area (Å²) >= 11 is 3.50. The van der Waals surface area contributed by atoms with Gasteiger partial charge in [-0.2, -0.15) is 9.10 Å². The molecule has 0 aliphatic heterocycles. The SMILES string of the molecule is COc1ccc(CN(Cc2ccc(OC)cc2)S(=O)(=O)c2c(SC([C@@H](COC(N)=O)O[Si](C)(C)C(C)(C)C)C(C)(C)C)ccc(I)c2-c2nnn(Cc3ccc(OC)cc3)n2)cc1. The number of carbonyl (C=O) groups excluding carboxylic acids is 1. The molecule has 1 unspecified atom stereocenters. The first-order valence-electron chi connectivity index (χ1n) is 20.3. The Morgan fingerprint density at radius 2 is 1.30 bits per heavy atom. The molecule has 0 saturated carbocycles. The Hall–Kier alpha value is -4.21. The molecule has 18 heteroatoms. The number of carbonyl (C=O) groups is 1. The molecular formula is C45H59IN6O8S2Si. The summed E-state index contributed by atoms with van der Waals surface area (Å²) in [5.74, 6) is 2.15. The Morgan fingerprint density at radius 3 is 1.75 bits per heavy atom. The topological polar surface area (TPSA) is 170 Å². The third kappa shape index (κ3) is 12.7. The fourth-order valence-corrected chi connectivity index (χ4v) is 12.2. The fraction of sp³-hybridized carbons (Fsp3) is 0.422. The van der Waals surface area contributed by atoms with Crippen LogP contribution in [0.1, 0.15) is 58.2 Å². The summed E-state index contributed by atoms with van der Waals surface area (Å²) in [7, 11) is -2.17. The molecule has 340 valence electrons. The van der Waals surface area contributed by atoms with Crippen molar-refractivity contribution in [3.8, 4) is 28.6 Å². The molecule has 0 fully saturated rings. The highest BCUT2D eigenvalue weighted by atomic mass is 127. The summed E-state index contributed by atoms with van der Waals surface area (Å²) in [6.07, 6.45) is -1.59. The standard InChI is InChI=1S/C45H59IN6O8S2Si/c1-44(2,3)41(37(29-59-43(47)53)60-63(10,11)45(4,5)6)61-38-25-24-36(46)39(42-48-50-52(49-42)28-32-16-22-35(58-9)23-17-32)40(38)62(54,55)51(26-30-12-18-33(56-7)19-13-30)27-31-14-20-34(57-8)21-15-31/h12-25,37,41H,26-29H2,1-11H3,(H2,47,53)/t37-,41?/m1/s1. The molecule has 0 aliphatic carbocycles. The van der Waals surface area contributed by atoms with Crippen LogP contribution in [0.3, 0.4) is 0 Å². The van der Waals surface area contributed by atoms with Crippen LogP contribution in [0.2, 0.25) is 18.1 Å². The Balaban J connectivity index is 1.74. The van der Waals surface area contributed by atoms with Gasteiger partial charge < -0.3 is 29.1 Å². The van der Waals surface area contributed by atoms with Crippen LogP contribution in [0.4, 0.5) is 4.79 Å². The van der Waals surface area contributed by atoms with E-state index in [1.165, 1.54) is 20.9 Å². The maximum atomic E-state index is 15.9. The summed E-state index contributed by atoms with van der Waals surface area (Å²) in [4.78, 5) is 14.0. The first-order valence-corrected chi connectivity index (χ1v) is 26.6. The van der Waals surface area contributed by atoms with Crippen molar-refractivity contribution in [2.45, 2.75) is 100 Å². The van der Waals surface area contributed by atoms with E-state index in [2.05, 4.69) is 87.5 Å². The number of amides is 1. The van der Waals surface area contributed by atoms with Crippen LogP contribution < -0.4 is 19.9 Å². The molecule has 0 radical (unpaired) electrons. The van der Waals surface area contributed by atoms with Crippen LogP contribution in [-0.2, 0) is 38.8 Å². The van der Waals surface area contributed by atoms with E-state index >= 15 is 8.42 Å². The largest absolute Gasteiger partial charge is 0.497 e. The lowest BCUT2D eigenvalue weighted by molar-refractivity contribution is 0.0596. The molecule has 0 saturated heterocycles. The van der Waals surface area contributed by atoms with Gasteiger partial charge >= 0.3 is 6.09 Å². The van der Waals surface area contributed by atoms with E-state index in [0.29, 0.717) is 31.3 Å². The minimum Gasteiger partial charge on any atom is -0.497 e. The third-order valence-corrected chi connectivity index (χ3v) is 20.2. The van der Waals surface area contributed by atoms with Gasteiger partial charge in [0.05, 0.1) is 39.5 Å². The zero-order chi connectivity index (χ0) is 46.3. The van der Waals surface area contributed by atoms with Crippen molar-refractivity contribution in [3.05, 3.63) is 105 Å². The molecular weight excluding hydrogens is 972 g/mol. The number of nitrogens with zero attached hydrogens (tertiary/aromatic N) is 5. The molecule has 1 amide bonds. The number of sulfonamides is 1. The zero-order valence-corrected chi connectivity index (χ0v) is 42.6. The molecule has 2 atom stereocenters. The summed E-state index contributed by atoms with van der Waals surface area (Å²) < 4.78 is 62.7. The molecule has 0 bridgehead atoms. The molecule has 1 heterocycles. The molecule has 5 rings (SSSR count). The Bertz CT molecular complexity index is 2370. The Labute approximate surface area is 390 Å². The smallest absolute Gasteiger partial charge is 0.404 e. The van der Waals surface area contributed by atoms with Gasteiger partial charge in [-0.3, -0.25) is 0 Å². The summed E-state index contributed by atoms with van der Waals surface area (Å²) in [5.41, 5.74) is 7.73. The van der Waals surface area contributed by atoms with Crippen LogP contribution in [0.25, 0.3) is 11.4 Å². The van der Waals surface area contributed by atoms with Gasteiger partial charge in [0.15, 0.2) is 8.32 Å². The number of rotatable bonds is 19. The first kappa shape index (κ1) is 49.8. The molecule has 4 aromatic carbocycles. The Morgan fingerprint density at radius 1 is 0.810 bits per heavy atom. The first-order chi connectivity index (χ1) is 29.6. The number of ether oxygens (including phenoxy) is 4. The molecule has 63 heavy (non-hydrogen) atoms. The van der Waals surface area contributed by atoms with Crippen molar-refractivity contribution in [1.82, 2.24) is 24.5 Å². The van der Waals surface area contributed by atoms with Gasteiger partial charge in [0.1, 0.15) is 28.8 Å². The van der Waals surface area contributed by atoms with Crippen molar-refractivity contribution >= 4 is 58.8 Å². The number of tetrazole rings is 1. The number of halogens is 1. The van der Waals surface area contributed by atoms with Crippen molar-refractivity contribution in [2.24, 2.45) is 11.1 Å². The van der Waals surface area contributed by atoms with E-state index in [1.807, 2.05) is 60.7 Å². The lowest BCUT2D eigenvalue weighted by atomic mass is 9.88. The van der Waals surface area contributed by atoms with Crippen molar-refractivity contribution in [2.75, 3.05) is 27.9 Å². The average Bonchev–Trinajstić information content (AvgIpc) is 3.69. The maximum absolute atomic E-state index is 15.9. The second kappa shape index (κ2) is 20.7. The van der Waals surface area contributed by atoms with Crippen LogP contribution in [0.15, 0.2) is 94.7 Å². The van der Waals surface area contributed by atoms with Gasteiger partial charge in [0, 0.05) is 26.8 Å². The monoisotopic (exact) mass is 1030 g/mol. The number of hydrogen-bond donors (Lipinski definition) is 1. The van der Waals surface area contributed by atoms with Crippen LogP contribution in [0.5, 0.6) is 17.2 Å². The number of hydrogen-bond acceptors (Lipinski definition) is 12. The van der Waals surface area contributed by atoms with E-state index in [-0.39, 0.29) is 42.0 Å². The van der Waals surface area contributed by atoms with Crippen LogP contribution >= 0.6 is 34.4 Å². The molecule has 14 nitrogen and oxygen atoms in total. The molecule has 5 aromatic rings. The average molecular weight is 1030 g/mol. The lowest BCUT2D eigenvalue weighted by Gasteiger charge is -2.44. The van der Waals surface area contributed by atoms with Crippen LogP contribution in [0, 0.1) is 8.99 Å². The number of thioether (sulfide) groups is 1. The third-order valence-electron chi connectivity index (χ3n) is 11.0. The highest BCUT2D eigenvalue weighted by molar-refractivity contribution is 14.1. The minimum absolute atomic E-state index is 0.0153. The van der Waals surface area contributed by atoms with Gasteiger partial charge in [0.25, 0.3) is 0 Å². The van der Waals surface area contributed by atoms with E-state index in [9.17, 15) is 4.79 Å². The van der Waals surface area contributed by atoms with Crippen molar-refractivity contribution in [3.63, 3.8) is 0 Å². The van der Waals surface area contributed by atoms with E-state index in [1.54, 1.807) is 45.6 Å². The maximum Gasteiger partial charge on any atom is 0.404 e. The van der Waals surface area contributed by atoms with E-state index in [4.69, 9.17) is 34.2 Å². The lowest BCUT2D eigenvalue weighted by Crippen LogP contribution is -2.51. The van der Waals surface area contributed by atoms with Crippen LogP contribution in [-0.4, -0.2) is 86.6 Å². The Kier molecular flexibility index (Phi) is 16.4. The highest BCUT2D eigenvalue weighted by Gasteiger charge is 2.45. The van der Waals surface area contributed by atoms with E-state index < -0.39 is 41.2 Å². The van der Waals surface area contributed by atoms with Gasteiger partial charge in [-0.1, -0.05) is 77.9 Å². The predicted octanol–water partition coefficient (Wildman–Crippen LogP) is 9.40. The van der Waals surface area contributed by atoms with Crippen molar-refractivity contribution in [1.29, 1.82) is 0 Å². The summed E-state index contributed by atoms with van der Waals surface area (Å²) in [6, 6.07) is 25.8. The predicted molar refractivity (Wildman–Crippen MR) is 257 cm³/mol. The number of methoxy groups -OCH3 is 3. The van der Waals surface area contributed by atoms with Gasteiger partial charge in [-0.15, -0.1) is 22.0 Å². The number of nitrogens with two attached hydrogens (primary N) is 1. The number of aromatic nitrogens is 4. The molecule has 0 spiro atoms. The zero-order valence-electron chi connectivity index (χ0n) is 37.8. The van der Waals surface area contributed by atoms with Gasteiger partial charge in [0.2, 0.25) is 15.8 Å². The molecule has 1 aromatic heterocycles. The van der Waals surface area contributed by atoms with Gasteiger partial charge in [-0.25, -0.2) is 13.2 Å². The quantitative estimate of drug-likeness (QED) is 0.0473. The second-order valence-corrected chi connectivity index (χ2v) is 26.6. The number of benzene rings is 4. The minimum atomic E-state index is -4.44. The highest BCUT2D eigenvalue weighted by Crippen LogP contribution is 2.47. The van der Waals surface area contributed by atoms with Crippen molar-refractivity contribution < 1.29 is 36.6 Å². The number of primary amides is 1. The van der Waals surface area contributed by atoms with E-state index in [0.717, 1.165) is 16.7 Å². The summed E-state index contributed by atoms with van der Waals surface area (Å²) in [5, 5.41) is 13.0. The van der Waals surface area contributed by atoms with Gasteiger partial charge in [-0.05, 0) is 117 Å².